The van der Waals surface area contributed by atoms with Gasteiger partial charge in [0.15, 0.2) is 0 Å². The van der Waals surface area contributed by atoms with Crippen LogP contribution in [0.2, 0.25) is 0 Å². The molecule has 0 aromatic heterocycles. The summed E-state index contributed by atoms with van der Waals surface area (Å²) < 4.78 is 6.47. The molecule has 1 N–H and O–H groups in total. The van der Waals surface area contributed by atoms with Gasteiger partial charge in [-0.25, -0.2) is 0 Å². The first-order chi connectivity index (χ1) is 19.9. The fourth-order valence-corrected chi connectivity index (χ4v) is 5.71. The van der Waals surface area contributed by atoms with Crippen LogP contribution in [0.25, 0.3) is 0 Å². The highest BCUT2D eigenvalue weighted by molar-refractivity contribution is 5.89. The van der Waals surface area contributed by atoms with Gasteiger partial charge in [-0.05, 0) is 76.5 Å². The molecule has 2 aliphatic heterocycles. The van der Waals surface area contributed by atoms with E-state index in [0.717, 1.165) is 38.6 Å². The molecule has 0 aromatic carbocycles. The van der Waals surface area contributed by atoms with Gasteiger partial charge in [-0.3, -0.25) is 4.99 Å². The van der Waals surface area contributed by atoms with Gasteiger partial charge >= 0.3 is 0 Å². The molecule has 8 atom stereocenters. The van der Waals surface area contributed by atoms with E-state index in [0.29, 0.717) is 35.9 Å². The average Bonchev–Trinajstić information content (AvgIpc) is 3.53. The van der Waals surface area contributed by atoms with Crippen molar-refractivity contribution < 1.29 is 9.84 Å². The van der Waals surface area contributed by atoms with Gasteiger partial charge in [0.05, 0.1) is 18.3 Å². The molecule has 41 heavy (non-hydrogen) atoms. The van der Waals surface area contributed by atoms with Crippen LogP contribution in [0.3, 0.4) is 0 Å². The van der Waals surface area contributed by atoms with E-state index < -0.39 is 0 Å². The number of rotatable bonds is 1. The molecule has 3 rings (SSSR count). The van der Waals surface area contributed by atoms with E-state index in [-0.39, 0.29) is 12.0 Å². The molecule has 0 spiro atoms. The summed E-state index contributed by atoms with van der Waals surface area (Å²) in [6, 6.07) is 0. The summed E-state index contributed by atoms with van der Waals surface area (Å²) in [4.78, 5) is 5.00. The molecule has 0 aromatic rings. The first-order valence-corrected chi connectivity index (χ1v) is 18.5. The Morgan fingerprint density at radius 2 is 1.22 bits per heavy atom. The molecule has 1 aliphatic carbocycles. The van der Waals surface area contributed by atoms with E-state index in [1.165, 1.54) is 24.1 Å². The molecule has 2 bridgehead atoms. The Balaban J connectivity index is -0.000000270. The number of hydrogen-bond acceptors (Lipinski definition) is 3. The zero-order valence-corrected chi connectivity index (χ0v) is 32.2. The SMILES string of the molecule is CC.CC.CC.CC.CC.CC.CC.CCN=C1[C@H]2CCC(C)=C[C@@H]2C(O)C(C)CC[C@H](C)[C@@H]2CC[C@@H](C[C@@H]1C)O2. The molecule has 0 saturated carbocycles. The third-order valence-corrected chi connectivity index (χ3v) is 7.46. The minimum absolute atomic E-state index is 0.218. The number of hydrogen-bond donors (Lipinski definition) is 1. The molecule has 0 radical (unpaired) electrons. The van der Waals surface area contributed by atoms with Crippen LogP contribution in [0.4, 0.5) is 0 Å². The summed E-state index contributed by atoms with van der Waals surface area (Å²) in [5, 5.41) is 11.3. The molecule has 2 fully saturated rings. The first-order valence-electron chi connectivity index (χ1n) is 18.5. The normalized spacial score (nSPS) is 30.9. The average molecular weight is 586 g/mol. The number of aliphatic hydroxyl groups is 1. The third-order valence-electron chi connectivity index (χ3n) is 7.46. The zero-order valence-electron chi connectivity index (χ0n) is 32.2. The van der Waals surface area contributed by atoms with Gasteiger partial charge in [-0.15, -0.1) is 0 Å². The quantitative estimate of drug-likeness (QED) is 0.311. The van der Waals surface area contributed by atoms with E-state index in [1.54, 1.807) is 0 Å². The molecule has 3 aliphatic rings. The maximum absolute atomic E-state index is 11.3. The summed E-state index contributed by atoms with van der Waals surface area (Å²) in [5.74, 6) is 1.95. The lowest BCUT2D eigenvalue weighted by atomic mass is 9.69. The monoisotopic (exact) mass is 586 g/mol. The lowest BCUT2D eigenvalue weighted by Crippen LogP contribution is -2.40. The highest BCUT2D eigenvalue weighted by atomic mass is 16.5. The number of ether oxygens (including phenoxy) is 1. The smallest absolute Gasteiger partial charge is 0.0634 e. The van der Waals surface area contributed by atoms with Crippen LogP contribution in [0.15, 0.2) is 16.6 Å². The van der Waals surface area contributed by atoms with Crippen molar-refractivity contribution in [2.75, 3.05) is 6.54 Å². The number of aliphatic hydroxyl groups excluding tert-OH is 1. The maximum atomic E-state index is 11.3. The van der Waals surface area contributed by atoms with Crippen LogP contribution < -0.4 is 0 Å². The molecule has 0 amide bonds. The zero-order chi connectivity index (χ0) is 33.6. The first kappa shape index (κ1) is 50.0. The third kappa shape index (κ3) is 19.3. The van der Waals surface area contributed by atoms with Crippen molar-refractivity contribution in [2.24, 2.45) is 34.6 Å². The molecular formula is C38H83NO2. The van der Waals surface area contributed by atoms with Gasteiger partial charge in [0.1, 0.15) is 0 Å². The molecule has 2 saturated heterocycles. The van der Waals surface area contributed by atoms with Crippen molar-refractivity contribution in [1.29, 1.82) is 0 Å². The largest absolute Gasteiger partial charge is 0.392 e. The van der Waals surface area contributed by atoms with Crippen LogP contribution in [-0.2, 0) is 4.74 Å². The second kappa shape index (κ2) is 35.5. The van der Waals surface area contributed by atoms with Crippen LogP contribution >= 0.6 is 0 Å². The Morgan fingerprint density at radius 3 is 1.71 bits per heavy atom. The second-order valence-corrected chi connectivity index (χ2v) is 9.67. The van der Waals surface area contributed by atoms with Crippen LogP contribution in [0, 0.1) is 29.6 Å². The maximum Gasteiger partial charge on any atom is 0.0634 e. The summed E-state index contributed by atoms with van der Waals surface area (Å²) in [6.07, 6.45) is 10.9. The van der Waals surface area contributed by atoms with Gasteiger partial charge in [0, 0.05) is 24.1 Å². The van der Waals surface area contributed by atoms with E-state index in [2.05, 4.69) is 40.7 Å². The van der Waals surface area contributed by atoms with Crippen LogP contribution in [0.5, 0.6) is 0 Å². The Labute approximate surface area is 262 Å². The molecule has 2 heterocycles. The van der Waals surface area contributed by atoms with Crippen LogP contribution in [-0.4, -0.2) is 35.7 Å². The summed E-state index contributed by atoms with van der Waals surface area (Å²) >= 11 is 0. The fraction of sp³-hybridized carbons (Fsp3) is 0.921. The lowest BCUT2D eigenvalue weighted by Gasteiger charge is -2.38. The second-order valence-electron chi connectivity index (χ2n) is 9.67. The number of nitrogens with zero attached hydrogens (tertiary/aromatic N) is 1. The van der Waals surface area contributed by atoms with Gasteiger partial charge in [0.2, 0.25) is 0 Å². The molecule has 3 heteroatoms. The van der Waals surface area contributed by atoms with Gasteiger partial charge < -0.3 is 9.84 Å². The van der Waals surface area contributed by atoms with Crippen molar-refractivity contribution in [3.63, 3.8) is 0 Å². The van der Waals surface area contributed by atoms with Crippen molar-refractivity contribution in [2.45, 2.75) is 195 Å². The van der Waals surface area contributed by atoms with Crippen molar-refractivity contribution in [3.05, 3.63) is 11.6 Å². The lowest BCUT2D eigenvalue weighted by molar-refractivity contribution is 0.00292. The Kier molecular flexibility index (Phi) is 43.3. The predicted molar refractivity (Wildman–Crippen MR) is 193 cm³/mol. The number of aliphatic imine (C=N–C) groups is 1. The van der Waals surface area contributed by atoms with Crippen LogP contribution in [0.1, 0.15) is 176 Å². The Hall–Kier alpha value is -0.670. The number of fused-ring (bicyclic) bond motifs is 3. The van der Waals surface area contributed by atoms with E-state index in [4.69, 9.17) is 9.73 Å². The topological polar surface area (TPSA) is 41.8 Å². The predicted octanol–water partition coefficient (Wildman–Crippen LogP) is 12.6. The van der Waals surface area contributed by atoms with Gasteiger partial charge in [-0.1, -0.05) is 129 Å². The Morgan fingerprint density at radius 1 is 0.732 bits per heavy atom. The van der Waals surface area contributed by atoms with Gasteiger partial charge in [-0.2, -0.15) is 0 Å². The highest BCUT2D eigenvalue weighted by Gasteiger charge is 2.39. The van der Waals surface area contributed by atoms with E-state index in [9.17, 15) is 5.11 Å². The number of allylic oxidation sites excluding steroid dienone is 1. The van der Waals surface area contributed by atoms with Crippen molar-refractivity contribution >= 4 is 5.71 Å². The van der Waals surface area contributed by atoms with Crippen molar-refractivity contribution in [3.8, 4) is 0 Å². The van der Waals surface area contributed by atoms with E-state index >= 15 is 0 Å². The minimum Gasteiger partial charge on any atom is -0.392 e. The molecule has 3 nitrogen and oxygen atoms in total. The van der Waals surface area contributed by atoms with Gasteiger partial charge in [0.25, 0.3) is 0 Å². The summed E-state index contributed by atoms with van der Waals surface area (Å²) in [5.41, 5.74) is 2.78. The Bertz CT molecular complexity index is 556. The van der Waals surface area contributed by atoms with Crippen molar-refractivity contribution in [1.82, 2.24) is 0 Å². The minimum atomic E-state index is -0.273. The standard InChI is InChI=1S/C24H41NO2.7C2H6/c1-6-25-23-18(5)14-19-10-12-22(27-19)16(3)8-9-17(4)24(26)21-13-15(2)7-11-20(21)23;7*1-2/h13,16-22,24,26H,6-12,14H2,1-5H3;7*1-2H3/t16-,17?,18-,19-,20-,21-,22-,24?;;;;;;;/m0......./s1. The fourth-order valence-electron chi connectivity index (χ4n) is 5.71. The highest BCUT2D eigenvalue weighted by Crippen LogP contribution is 2.40. The molecule has 252 valence electrons. The molecular weight excluding hydrogens is 502 g/mol. The summed E-state index contributed by atoms with van der Waals surface area (Å²) in [7, 11) is 0. The molecule has 2 unspecified atom stereocenters. The van der Waals surface area contributed by atoms with E-state index in [1.807, 2.05) is 96.9 Å². The summed E-state index contributed by atoms with van der Waals surface area (Å²) in [6.45, 7) is 40.1.